The second kappa shape index (κ2) is 6.71. The van der Waals surface area contributed by atoms with E-state index >= 15 is 0 Å². The number of anilines is 1. The number of rotatable bonds is 5. The Kier molecular flexibility index (Phi) is 4.96. The average Bonchev–Trinajstić information content (AvgIpc) is 2.45. The van der Waals surface area contributed by atoms with Crippen molar-refractivity contribution >= 4 is 17.4 Å². The average molecular weight is 290 g/mol. The molecule has 1 N–H and O–H groups in total. The summed E-state index contributed by atoms with van der Waals surface area (Å²) in [6.07, 6.45) is 1.06. The Hall–Kier alpha value is -1.61. The third-order valence-electron chi connectivity index (χ3n) is 2.97. The van der Waals surface area contributed by atoms with Crippen molar-refractivity contribution < 1.29 is 0 Å². The van der Waals surface area contributed by atoms with E-state index in [4.69, 9.17) is 11.6 Å². The number of nitrogens with zero attached hydrogens (tertiary/aromatic N) is 2. The standard InChI is InChI=1S/C16H20ClN3/c1-4-9-18-15-10-14(19-16(20-15)11(2)3)12-7-5-6-8-13(12)17/h5-8,10-11H,4,9H2,1-3H3,(H,18,19,20). The molecule has 0 saturated heterocycles. The van der Waals surface area contributed by atoms with Crippen molar-refractivity contribution in [1.29, 1.82) is 0 Å². The summed E-state index contributed by atoms with van der Waals surface area (Å²) in [5.41, 5.74) is 1.81. The molecule has 3 nitrogen and oxygen atoms in total. The molecule has 0 bridgehead atoms. The molecule has 0 aliphatic rings. The van der Waals surface area contributed by atoms with Gasteiger partial charge in [-0.05, 0) is 12.5 Å². The van der Waals surface area contributed by atoms with Crippen LogP contribution in [0.4, 0.5) is 5.82 Å². The van der Waals surface area contributed by atoms with Gasteiger partial charge in [-0.2, -0.15) is 0 Å². The lowest BCUT2D eigenvalue weighted by Gasteiger charge is -2.12. The van der Waals surface area contributed by atoms with Crippen molar-refractivity contribution in [2.45, 2.75) is 33.1 Å². The lowest BCUT2D eigenvalue weighted by atomic mass is 10.1. The van der Waals surface area contributed by atoms with E-state index < -0.39 is 0 Å². The van der Waals surface area contributed by atoms with Gasteiger partial charge in [0.1, 0.15) is 11.6 Å². The molecule has 0 aliphatic carbocycles. The smallest absolute Gasteiger partial charge is 0.133 e. The van der Waals surface area contributed by atoms with Crippen LogP contribution in [0.15, 0.2) is 30.3 Å². The molecule has 20 heavy (non-hydrogen) atoms. The highest BCUT2D eigenvalue weighted by Crippen LogP contribution is 2.28. The molecule has 0 unspecified atom stereocenters. The van der Waals surface area contributed by atoms with Gasteiger partial charge in [-0.1, -0.05) is 50.6 Å². The fraction of sp³-hybridized carbons (Fsp3) is 0.375. The van der Waals surface area contributed by atoms with Gasteiger partial charge >= 0.3 is 0 Å². The summed E-state index contributed by atoms with van der Waals surface area (Å²) >= 11 is 6.27. The number of hydrogen-bond donors (Lipinski definition) is 1. The molecule has 4 heteroatoms. The van der Waals surface area contributed by atoms with Gasteiger partial charge in [0.05, 0.1) is 5.69 Å². The van der Waals surface area contributed by atoms with E-state index in [2.05, 4.69) is 36.1 Å². The monoisotopic (exact) mass is 289 g/mol. The van der Waals surface area contributed by atoms with Crippen LogP contribution >= 0.6 is 11.6 Å². The van der Waals surface area contributed by atoms with Crippen LogP contribution in [0.25, 0.3) is 11.3 Å². The predicted molar refractivity (Wildman–Crippen MR) is 85.3 cm³/mol. The van der Waals surface area contributed by atoms with Crippen LogP contribution in [-0.2, 0) is 0 Å². The maximum absolute atomic E-state index is 6.27. The summed E-state index contributed by atoms with van der Waals surface area (Å²) in [5, 5.41) is 4.04. The third-order valence-corrected chi connectivity index (χ3v) is 3.30. The second-order valence-electron chi connectivity index (χ2n) is 5.06. The fourth-order valence-electron chi connectivity index (χ4n) is 1.87. The zero-order valence-electron chi connectivity index (χ0n) is 12.2. The van der Waals surface area contributed by atoms with Crippen LogP contribution in [0, 0.1) is 0 Å². The largest absolute Gasteiger partial charge is 0.370 e. The summed E-state index contributed by atoms with van der Waals surface area (Å²) < 4.78 is 0. The van der Waals surface area contributed by atoms with Gasteiger partial charge in [-0.25, -0.2) is 9.97 Å². The first kappa shape index (κ1) is 14.8. The van der Waals surface area contributed by atoms with E-state index in [1.54, 1.807) is 0 Å². The zero-order chi connectivity index (χ0) is 14.5. The van der Waals surface area contributed by atoms with E-state index in [0.717, 1.165) is 35.9 Å². The fourth-order valence-corrected chi connectivity index (χ4v) is 2.11. The van der Waals surface area contributed by atoms with E-state index in [1.807, 2.05) is 30.3 Å². The molecule has 0 aliphatic heterocycles. The number of aromatic nitrogens is 2. The van der Waals surface area contributed by atoms with Gasteiger partial charge < -0.3 is 5.32 Å². The van der Waals surface area contributed by atoms with Crippen molar-refractivity contribution in [1.82, 2.24) is 9.97 Å². The maximum atomic E-state index is 6.27. The Labute approximate surface area is 125 Å². The topological polar surface area (TPSA) is 37.8 Å². The van der Waals surface area contributed by atoms with E-state index in [9.17, 15) is 0 Å². The van der Waals surface area contributed by atoms with Gasteiger partial charge in [-0.15, -0.1) is 0 Å². The molecule has 1 aromatic heterocycles. The zero-order valence-corrected chi connectivity index (χ0v) is 12.9. The van der Waals surface area contributed by atoms with Crippen molar-refractivity contribution in [2.75, 3.05) is 11.9 Å². The Morgan fingerprint density at radius 3 is 2.60 bits per heavy atom. The van der Waals surface area contributed by atoms with Gasteiger partial charge in [0.2, 0.25) is 0 Å². The van der Waals surface area contributed by atoms with Crippen molar-refractivity contribution in [3.05, 3.63) is 41.2 Å². The van der Waals surface area contributed by atoms with Crippen LogP contribution < -0.4 is 5.32 Å². The van der Waals surface area contributed by atoms with Crippen molar-refractivity contribution in [2.24, 2.45) is 0 Å². The van der Waals surface area contributed by atoms with Crippen LogP contribution in [0.2, 0.25) is 5.02 Å². The Morgan fingerprint density at radius 1 is 1.20 bits per heavy atom. The minimum Gasteiger partial charge on any atom is -0.370 e. The first-order valence-electron chi connectivity index (χ1n) is 6.99. The van der Waals surface area contributed by atoms with Crippen LogP contribution in [0.1, 0.15) is 38.9 Å². The lowest BCUT2D eigenvalue weighted by molar-refractivity contribution is 0.775. The number of benzene rings is 1. The van der Waals surface area contributed by atoms with Gasteiger partial charge in [0, 0.05) is 29.1 Å². The summed E-state index contributed by atoms with van der Waals surface area (Å²) in [5.74, 6) is 1.97. The van der Waals surface area contributed by atoms with Crippen molar-refractivity contribution in [3.8, 4) is 11.3 Å². The van der Waals surface area contributed by atoms with E-state index in [1.165, 1.54) is 0 Å². The SMILES string of the molecule is CCCNc1cc(-c2ccccc2Cl)nc(C(C)C)n1. The quantitative estimate of drug-likeness (QED) is 0.864. The molecule has 0 spiro atoms. The highest BCUT2D eigenvalue weighted by Gasteiger charge is 2.11. The summed E-state index contributed by atoms with van der Waals surface area (Å²) in [4.78, 5) is 9.20. The van der Waals surface area contributed by atoms with E-state index in [0.29, 0.717) is 5.02 Å². The normalized spacial score (nSPS) is 10.8. The van der Waals surface area contributed by atoms with Gasteiger partial charge in [0.15, 0.2) is 0 Å². The molecule has 2 aromatic rings. The molecular weight excluding hydrogens is 270 g/mol. The summed E-state index contributed by atoms with van der Waals surface area (Å²) in [6.45, 7) is 7.22. The van der Waals surface area contributed by atoms with Crippen molar-refractivity contribution in [3.63, 3.8) is 0 Å². The van der Waals surface area contributed by atoms with Gasteiger partial charge in [0.25, 0.3) is 0 Å². The van der Waals surface area contributed by atoms with Gasteiger partial charge in [-0.3, -0.25) is 0 Å². The highest BCUT2D eigenvalue weighted by molar-refractivity contribution is 6.33. The molecule has 0 fully saturated rings. The first-order chi connectivity index (χ1) is 9.61. The Bertz CT molecular complexity index is 582. The van der Waals surface area contributed by atoms with E-state index in [-0.39, 0.29) is 5.92 Å². The molecular formula is C16H20ClN3. The van der Waals surface area contributed by atoms with Crippen LogP contribution in [-0.4, -0.2) is 16.5 Å². The molecule has 106 valence electrons. The highest BCUT2D eigenvalue weighted by atomic mass is 35.5. The minimum atomic E-state index is 0.277. The second-order valence-corrected chi connectivity index (χ2v) is 5.47. The number of nitrogens with one attached hydrogen (secondary N) is 1. The minimum absolute atomic E-state index is 0.277. The van der Waals surface area contributed by atoms with Crippen LogP contribution in [0.5, 0.6) is 0 Å². The number of hydrogen-bond acceptors (Lipinski definition) is 3. The molecule has 0 atom stereocenters. The molecule has 0 radical (unpaired) electrons. The Balaban J connectivity index is 2.46. The maximum Gasteiger partial charge on any atom is 0.133 e. The summed E-state index contributed by atoms with van der Waals surface area (Å²) in [6, 6.07) is 9.72. The number of halogens is 1. The summed E-state index contributed by atoms with van der Waals surface area (Å²) in [7, 11) is 0. The molecule has 0 saturated carbocycles. The Morgan fingerprint density at radius 2 is 1.95 bits per heavy atom. The van der Waals surface area contributed by atoms with Crippen LogP contribution in [0.3, 0.4) is 0 Å². The molecule has 1 aromatic carbocycles. The lowest BCUT2D eigenvalue weighted by Crippen LogP contribution is -2.07. The first-order valence-corrected chi connectivity index (χ1v) is 7.37. The predicted octanol–water partition coefficient (Wildman–Crippen LogP) is 4.74. The molecule has 2 rings (SSSR count). The molecule has 1 heterocycles. The molecule has 0 amide bonds. The third kappa shape index (κ3) is 3.48.